The van der Waals surface area contributed by atoms with Crippen molar-refractivity contribution < 1.29 is 43.5 Å². The van der Waals surface area contributed by atoms with Crippen molar-refractivity contribution >= 4 is 11.9 Å². The van der Waals surface area contributed by atoms with Gasteiger partial charge in [-0.2, -0.15) is 0 Å². The maximum atomic E-state index is 13.7. The van der Waals surface area contributed by atoms with Crippen molar-refractivity contribution in [2.24, 2.45) is 0 Å². The zero-order valence-electron chi connectivity index (χ0n) is 22.5. The summed E-state index contributed by atoms with van der Waals surface area (Å²) in [5.41, 5.74) is -1.69. The molecule has 0 radical (unpaired) electrons. The predicted octanol–water partition coefficient (Wildman–Crippen LogP) is 2.19. The number of hydrogen-bond acceptors (Lipinski definition) is 10. The molecule has 0 unspecified atom stereocenters. The summed E-state index contributed by atoms with van der Waals surface area (Å²) in [4.78, 5) is 28.3. The second kappa shape index (κ2) is 9.73. The van der Waals surface area contributed by atoms with E-state index in [9.17, 15) is 19.8 Å². The topological polar surface area (TPSA) is 124 Å². The quantitative estimate of drug-likeness (QED) is 0.483. The SMILES string of the molecule is COC(=O)C[C@](O)(CCC(C)(C)O)C(=O)O[C@H]1C(OC)=C[C@@]23CCCN2CCc2cc4c(cc2[C@H]13)OCO4. The van der Waals surface area contributed by atoms with Crippen molar-refractivity contribution in [3.8, 4) is 11.5 Å². The summed E-state index contributed by atoms with van der Waals surface area (Å²) in [6.07, 6.45) is 3.18. The monoisotopic (exact) mass is 531 g/mol. The van der Waals surface area contributed by atoms with Crippen LogP contribution in [-0.4, -0.2) is 84.0 Å². The van der Waals surface area contributed by atoms with Gasteiger partial charge >= 0.3 is 11.9 Å². The van der Waals surface area contributed by atoms with Gasteiger partial charge in [-0.1, -0.05) is 0 Å². The number of hydrogen-bond donors (Lipinski definition) is 2. The number of carbonyl (C=O) groups is 2. The summed E-state index contributed by atoms with van der Waals surface area (Å²) in [6, 6.07) is 3.99. The maximum Gasteiger partial charge on any atom is 0.339 e. The van der Waals surface area contributed by atoms with E-state index < -0.39 is 41.2 Å². The highest BCUT2D eigenvalue weighted by Gasteiger charge is 2.59. The molecule has 1 aromatic carbocycles. The van der Waals surface area contributed by atoms with E-state index in [1.807, 2.05) is 12.1 Å². The van der Waals surface area contributed by atoms with Crippen LogP contribution in [0, 0.1) is 0 Å². The highest BCUT2D eigenvalue weighted by molar-refractivity contribution is 5.86. The molecule has 4 aliphatic rings. The highest BCUT2D eigenvalue weighted by atomic mass is 16.7. The zero-order chi connectivity index (χ0) is 27.3. The summed E-state index contributed by atoms with van der Waals surface area (Å²) >= 11 is 0. The van der Waals surface area contributed by atoms with Gasteiger partial charge in [0.15, 0.2) is 23.2 Å². The first-order valence-corrected chi connectivity index (χ1v) is 13.2. The lowest BCUT2D eigenvalue weighted by Crippen LogP contribution is -2.49. The van der Waals surface area contributed by atoms with Crippen molar-refractivity contribution in [2.45, 2.75) is 81.1 Å². The molecule has 1 aromatic rings. The third-order valence-electron chi connectivity index (χ3n) is 8.39. The fraction of sp³-hybridized carbons (Fsp3) is 0.643. The molecule has 38 heavy (non-hydrogen) atoms. The van der Waals surface area contributed by atoms with Crippen LogP contribution >= 0.6 is 0 Å². The van der Waals surface area contributed by atoms with Gasteiger partial charge in [0.05, 0.1) is 37.7 Å². The molecule has 1 aliphatic carbocycles. The second-order valence-electron chi connectivity index (χ2n) is 11.4. The largest absolute Gasteiger partial charge is 0.497 e. The molecule has 2 N–H and O–H groups in total. The Balaban J connectivity index is 1.53. The molecule has 0 aromatic heterocycles. The highest BCUT2D eigenvalue weighted by Crippen LogP contribution is 2.55. The number of ether oxygens (including phenoxy) is 5. The van der Waals surface area contributed by atoms with E-state index in [-0.39, 0.29) is 25.6 Å². The van der Waals surface area contributed by atoms with Crippen molar-refractivity contribution in [3.63, 3.8) is 0 Å². The number of benzene rings is 1. The third kappa shape index (κ3) is 4.63. The summed E-state index contributed by atoms with van der Waals surface area (Å²) in [5, 5.41) is 21.7. The minimum absolute atomic E-state index is 0.0701. The molecule has 0 bridgehead atoms. The van der Waals surface area contributed by atoms with Crippen LogP contribution in [0.25, 0.3) is 0 Å². The first-order chi connectivity index (χ1) is 18.0. The third-order valence-corrected chi connectivity index (χ3v) is 8.39. The molecule has 10 heteroatoms. The van der Waals surface area contributed by atoms with E-state index in [1.165, 1.54) is 7.11 Å². The Morgan fingerprint density at radius 3 is 2.55 bits per heavy atom. The van der Waals surface area contributed by atoms with Gasteiger partial charge in [-0.25, -0.2) is 4.79 Å². The first-order valence-electron chi connectivity index (χ1n) is 13.2. The molecule has 3 aliphatic heterocycles. The fourth-order valence-electron chi connectivity index (χ4n) is 6.41. The summed E-state index contributed by atoms with van der Waals surface area (Å²) < 4.78 is 28.0. The number of rotatable bonds is 8. The van der Waals surface area contributed by atoms with Gasteiger partial charge in [0, 0.05) is 6.54 Å². The van der Waals surface area contributed by atoms with Crippen LogP contribution in [0.5, 0.6) is 11.5 Å². The van der Waals surface area contributed by atoms with Gasteiger partial charge in [-0.3, -0.25) is 9.69 Å². The fourth-order valence-corrected chi connectivity index (χ4v) is 6.41. The van der Waals surface area contributed by atoms with Gasteiger partial charge < -0.3 is 33.9 Å². The Morgan fingerprint density at radius 1 is 1.13 bits per heavy atom. The van der Waals surface area contributed by atoms with E-state index in [0.29, 0.717) is 17.3 Å². The number of aliphatic hydroxyl groups is 2. The number of esters is 2. The summed E-state index contributed by atoms with van der Waals surface area (Å²) in [7, 11) is 2.74. The number of fused-ring (bicyclic) bond motifs is 3. The Kier molecular flexibility index (Phi) is 6.86. The van der Waals surface area contributed by atoms with Crippen molar-refractivity contribution in [2.75, 3.05) is 34.1 Å². The lowest BCUT2D eigenvalue weighted by Gasteiger charge is -2.39. The molecular formula is C28H37NO9. The molecule has 0 saturated carbocycles. The van der Waals surface area contributed by atoms with Crippen LogP contribution < -0.4 is 9.47 Å². The van der Waals surface area contributed by atoms with Crippen LogP contribution in [0.15, 0.2) is 24.0 Å². The average Bonchev–Trinajstić information content (AvgIpc) is 3.56. The Labute approximate surface area is 222 Å². The second-order valence-corrected chi connectivity index (χ2v) is 11.4. The van der Waals surface area contributed by atoms with E-state index in [2.05, 4.69) is 11.0 Å². The molecule has 4 atom stereocenters. The van der Waals surface area contributed by atoms with Gasteiger partial charge in [-0.05, 0) is 81.8 Å². The zero-order valence-corrected chi connectivity index (χ0v) is 22.5. The van der Waals surface area contributed by atoms with Crippen LogP contribution in [-0.2, 0) is 30.2 Å². The van der Waals surface area contributed by atoms with E-state index in [1.54, 1.807) is 21.0 Å². The van der Waals surface area contributed by atoms with Crippen LogP contribution in [0.3, 0.4) is 0 Å². The van der Waals surface area contributed by atoms with Crippen molar-refractivity contribution in [3.05, 3.63) is 35.1 Å². The van der Waals surface area contributed by atoms with Crippen molar-refractivity contribution in [1.82, 2.24) is 4.90 Å². The predicted molar refractivity (Wildman–Crippen MR) is 135 cm³/mol. The van der Waals surface area contributed by atoms with E-state index in [0.717, 1.165) is 43.5 Å². The van der Waals surface area contributed by atoms with Gasteiger partial charge in [0.1, 0.15) is 5.76 Å². The Hall–Kier alpha value is -2.82. The number of methoxy groups -OCH3 is 2. The number of carbonyl (C=O) groups excluding carboxylic acids is 2. The van der Waals surface area contributed by atoms with Crippen LogP contribution in [0.1, 0.15) is 63.0 Å². The van der Waals surface area contributed by atoms with E-state index >= 15 is 0 Å². The van der Waals surface area contributed by atoms with Crippen LogP contribution in [0.4, 0.5) is 0 Å². The summed E-state index contributed by atoms with van der Waals surface area (Å²) in [5.74, 6) is -0.163. The van der Waals surface area contributed by atoms with E-state index in [4.69, 9.17) is 23.7 Å². The molecule has 1 saturated heterocycles. The number of nitrogens with zero attached hydrogens (tertiary/aromatic N) is 1. The molecule has 208 valence electrons. The lowest BCUT2D eigenvalue weighted by atomic mass is 9.77. The average molecular weight is 532 g/mol. The minimum Gasteiger partial charge on any atom is -0.497 e. The smallest absolute Gasteiger partial charge is 0.339 e. The molecule has 5 rings (SSSR count). The van der Waals surface area contributed by atoms with Crippen molar-refractivity contribution in [1.29, 1.82) is 0 Å². The molecule has 3 heterocycles. The Bertz CT molecular complexity index is 1140. The van der Waals surface area contributed by atoms with Gasteiger partial charge in [0.2, 0.25) is 6.79 Å². The molecule has 0 amide bonds. The first kappa shape index (κ1) is 26.8. The van der Waals surface area contributed by atoms with Gasteiger partial charge in [0.25, 0.3) is 0 Å². The maximum absolute atomic E-state index is 13.7. The molecular weight excluding hydrogens is 494 g/mol. The molecule has 10 nitrogen and oxygen atoms in total. The van der Waals surface area contributed by atoms with Crippen LogP contribution in [0.2, 0.25) is 0 Å². The lowest BCUT2D eigenvalue weighted by molar-refractivity contribution is -0.179. The normalized spacial score (nSPS) is 27.4. The molecule has 1 spiro atoms. The summed E-state index contributed by atoms with van der Waals surface area (Å²) in [6.45, 7) is 5.04. The molecule has 1 fully saturated rings. The van der Waals surface area contributed by atoms with Gasteiger partial charge in [-0.15, -0.1) is 0 Å². The minimum atomic E-state index is -2.18. The standard InChI is InChI=1S/C28H37NO9/c1-26(2,32)8-9-28(33,15-22(30)35-4)25(31)38-24-21(34-3)14-27-7-5-10-29(27)11-6-17-12-19-20(37-16-36-19)13-18(17)23(24)27/h12-14,23-24,32-33H,5-11,15-16H2,1-4H3/t23-,24+,27-,28-/m1/s1. The Morgan fingerprint density at radius 2 is 1.87 bits per heavy atom.